The quantitative estimate of drug-likeness (QED) is 0.195. The fourth-order valence-corrected chi connectivity index (χ4v) is 6.34. The van der Waals surface area contributed by atoms with Crippen molar-refractivity contribution in [3.05, 3.63) is 131 Å². The summed E-state index contributed by atoms with van der Waals surface area (Å²) in [6, 6.07) is 27.4. The minimum Gasteiger partial charge on any atom is -0.354 e. The summed E-state index contributed by atoms with van der Waals surface area (Å²) >= 11 is 0. The molecule has 1 atom stereocenters. The number of sulfonamides is 1. The second kappa shape index (κ2) is 15.0. The lowest BCUT2D eigenvalue weighted by atomic mass is 10.0. The van der Waals surface area contributed by atoms with Crippen LogP contribution < -0.4 is 9.62 Å². The summed E-state index contributed by atoms with van der Waals surface area (Å²) < 4.78 is 42.8. The smallest absolute Gasteiger partial charge is 0.264 e. The van der Waals surface area contributed by atoms with Gasteiger partial charge >= 0.3 is 0 Å². The number of rotatable bonds is 13. The average molecular weight is 630 g/mol. The minimum absolute atomic E-state index is 0.0937. The maximum absolute atomic E-state index is 14.5. The van der Waals surface area contributed by atoms with Crippen LogP contribution >= 0.6 is 0 Å². The highest BCUT2D eigenvalue weighted by Crippen LogP contribution is 2.26. The van der Waals surface area contributed by atoms with Gasteiger partial charge in [0.15, 0.2) is 0 Å². The Bertz CT molecular complexity index is 1690. The standard InChI is InChI=1S/C36H40FN3O4S/c1-26(2)23-38-36(42)34(22-29-11-6-5-7-12-29)39(24-30-13-9-8-10-28(30)4)35(41)25-40(32-18-14-27(3)15-19-32)45(43,44)33-20-16-31(37)17-21-33/h5-21,26,34H,22-25H2,1-4H3,(H,38,42)/t34-/m1/s1. The molecule has 0 saturated carbocycles. The van der Waals surface area contributed by atoms with E-state index in [9.17, 15) is 22.4 Å². The Labute approximate surface area is 265 Å². The van der Waals surface area contributed by atoms with E-state index in [0.29, 0.717) is 6.54 Å². The molecule has 236 valence electrons. The number of amides is 2. The number of carbonyl (C=O) groups is 2. The third-order valence-electron chi connectivity index (χ3n) is 7.56. The molecule has 0 fully saturated rings. The van der Waals surface area contributed by atoms with Gasteiger partial charge in [0.1, 0.15) is 18.4 Å². The van der Waals surface area contributed by atoms with E-state index in [2.05, 4.69) is 5.32 Å². The van der Waals surface area contributed by atoms with Crippen LogP contribution in [0.5, 0.6) is 0 Å². The van der Waals surface area contributed by atoms with Gasteiger partial charge in [-0.1, -0.05) is 86.1 Å². The summed E-state index contributed by atoms with van der Waals surface area (Å²) in [6.45, 7) is 7.73. The third kappa shape index (κ3) is 8.79. The van der Waals surface area contributed by atoms with Gasteiger partial charge in [0.2, 0.25) is 11.8 Å². The summed E-state index contributed by atoms with van der Waals surface area (Å²) in [7, 11) is -4.30. The van der Waals surface area contributed by atoms with Crippen LogP contribution in [-0.4, -0.2) is 44.3 Å². The van der Waals surface area contributed by atoms with E-state index in [4.69, 9.17) is 0 Å². The second-order valence-corrected chi connectivity index (χ2v) is 13.5. The summed E-state index contributed by atoms with van der Waals surface area (Å²) in [6.07, 6.45) is 0.234. The van der Waals surface area contributed by atoms with Crippen molar-refractivity contribution in [2.75, 3.05) is 17.4 Å². The van der Waals surface area contributed by atoms with E-state index in [-0.39, 0.29) is 35.4 Å². The van der Waals surface area contributed by atoms with Crippen molar-refractivity contribution in [2.24, 2.45) is 5.92 Å². The molecule has 4 aromatic rings. The number of halogens is 1. The van der Waals surface area contributed by atoms with Crippen molar-refractivity contribution in [1.82, 2.24) is 10.2 Å². The number of anilines is 1. The maximum atomic E-state index is 14.5. The zero-order chi connectivity index (χ0) is 32.6. The molecule has 4 aromatic carbocycles. The zero-order valence-electron chi connectivity index (χ0n) is 26.1. The second-order valence-electron chi connectivity index (χ2n) is 11.6. The first kappa shape index (κ1) is 33.4. The summed E-state index contributed by atoms with van der Waals surface area (Å²) in [4.78, 5) is 29.7. The molecular weight excluding hydrogens is 589 g/mol. The normalized spacial score (nSPS) is 12.0. The first-order valence-electron chi connectivity index (χ1n) is 15.0. The molecule has 2 amide bonds. The van der Waals surface area contributed by atoms with E-state index >= 15 is 0 Å². The topological polar surface area (TPSA) is 86.8 Å². The first-order chi connectivity index (χ1) is 21.5. The zero-order valence-corrected chi connectivity index (χ0v) is 26.9. The minimum atomic E-state index is -4.30. The average Bonchev–Trinajstić information content (AvgIpc) is 3.02. The first-order valence-corrected chi connectivity index (χ1v) is 16.4. The molecule has 0 aromatic heterocycles. The third-order valence-corrected chi connectivity index (χ3v) is 9.35. The van der Waals surface area contributed by atoms with Gasteiger partial charge in [0, 0.05) is 19.5 Å². The highest BCUT2D eigenvalue weighted by molar-refractivity contribution is 7.92. The number of nitrogens with one attached hydrogen (secondary N) is 1. The van der Waals surface area contributed by atoms with Gasteiger partial charge in [0.25, 0.3) is 10.0 Å². The largest absolute Gasteiger partial charge is 0.354 e. The van der Waals surface area contributed by atoms with Gasteiger partial charge in [-0.05, 0) is 72.9 Å². The molecule has 1 N–H and O–H groups in total. The molecule has 0 aliphatic carbocycles. The Hall–Kier alpha value is -4.50. The highest BCUT2D eigenvalue weighted by atomic mass is 32.2. The number of nitrogens with zero attached hydrogens (tertiary/aromatic N) is 2. The molecule has 9 heteroatoms. The van der Waals surface area contributed by atoms with Crippen LogP contribution in [0.4, 0.5) is 10.1 Å². The molecule has 45 heavy (non-hydrogen) atoms. The molecule has 0 radical (unpaired) electrons. The molecule has 0 bridgehead atoms. The van der Waals surface area contributed by atoms with Crippen LogP contribution in [-0.2, 0) is 32.6 Å². The molecule has 0 saturated heterocycles. The van der Waals surface area contributed by atoms with Gasteiger partial charge in [0.05, 0.1) is 10.6 Å². The van der Waals surface area contributed by atoms with Gasteiger partial charge in [-0.2, -0.15) is 0 Å². The van der Waals surface area contributed by atoms with E-state index in [0.717, 1.165) is 38.7 Å². The van der Waals surface area contributed by atoms with Crippen molar-refractivity contribution < 1.29 is 22.4 Å². The molecule has 0 heterocycles. The lowest BCUT2D eigenvalue weighted by molar-refractivity contribution is -0.140. The fraction of sp³-hybridized carbons (Fsp3) is 0.278. The van der Waals surface area contributed by atoms with Crippen LogP contribution in [0.25, 0.3) is 0 Å². The van der Waals surface area contributed by atoms with Crippen LogP contribution in [0.2, 0.25) is 0 Å². The van der Waals surface area contributed by atoms with Crippen molar-refractivity contribution >= 4 is 27.5 Å². The van der Waals surface area contributed by atoms with Gasteiger partial charge in [-0.3, -0.25) is 13.9 Å². The maximum Gasteiger partial charge on any atom is 0.264 e. The molecular formula is C36H40FN3O4S. The summed E-state index contributed by atoms with van der Waals surface area (Å²) in [5, 5.41) is 2.99. The molecule has 0 spiro atoms. The Morgan fingerprint density at radius 2 is 1.44 bits per heavy atom. The highest BCUT2D eigenvalue weighted by Gasteiger charge is 2.34. The lowest BCUT2D eigenvalue weighted by Crippen LogP contribution is -2.53. The fourth-order valence-electron chi connectivity index (χ4n) is 4.92. The number of hydrogen-bond donors (Lipinski definition) is 1. The molecule has 0 aliphatic heterocycles. The van der Waals surface area contributed by atoms with Crippen molar-refractivity contribution in [3.8, 4) is 0 Å². The van der Waals surface area contributed by atoms with E-state index in [1.54, 1.807) is 24.3 Å². The van der Waals surface area contributed by atoms with Crippen LogP contribution in [0.1, 0.15) is 36.1 Å². The lowest BCUT2D eigenvalue weighted by Gasteiger charge is -2.34. The van der Waals surface area contributed by atoms with Gasteiger partial charge in [-0.15, -0.1) is 0 Å². The Kier molecular flexibility index (Phi) is 11.1. The number of carbonyl (C=O) groups excluding carboxylic acids is 2. The predicted octanol–water partition coefficient (Wildman–Crippen LogP) is 6.05. The summed E-state index contributed by atoms with van der Waals surface area (Å²) in [5.41, 5.74) is 3.82. The van der Waals surface area contributed by atoms with E-state index in [1.807, 2.05) is 82.3 Å². The molecule has 4 rings (SSSR count). The summed E-state index contributed by atoms with van der Waals surface area (Å²) in [5.74, 6) is -1.26. The van der Waals surface area contributed by atoms with Gasteiger partial charge < -0.3 is 10.2 Å². The number of hydrogen-bond acceptors (Lipinski definition) is 4. The Balaban J connectivity index is 1.80. The van der Waals surface area contributed by atoms with E-state index < -0.39 is 34.3 Å². The van der Waals surface area contributed by atoms with Crippen molar-refractivity contribution in [1.29, 1.82) is 0 Å². The van der Waals surface area contributed by atoms with Crippen LogP contribution in [0, 0.1) is 25.6 Å². The molecule has 0 unspecified atom stereocenters. The monoisotopic (exact) mass is 629 g/mol. The molecule has 0 aliphatic rings. The van der Waals surface area contributed by atoms with E-state index in [1.165, 1.54) is 17.0 Å². The van der Waals surface area contributed by atoms with Gasteiger partial charge in [-0.25, -0.2) is 12.8 Å². The Morgan fingerprint density at radius 3 is 2.07 bits per heavy atom. The number of benzene rings is 4. The van der Waals surface area contributed by atoms with Crippen molar-refractivity contribution in [2.45, 2.75) is 51.6 Å². The molecule has 7 nitrogen and oxygen atoms in total. The SMILES string of the molecule is Cc1ccc(N(CC(=O)N(Cc2ccccc2C)[C@H](Cc2ccccc2)C(=O)NCC(C)C)S(=O)(=O)c2ccc(F)cc2)cc1. The van der Waals surface area contributed by atoms with Crippen LogP contribution in [0.15, 0.2) is 108 Å². The Morgan fingerprint density at radius 1 is 0.822 bits per heavy atom. The van der Waals surface area contributed by atoms with Crippen molar-refractivity contribution in [3.63, 3.8) is 0 Å². The predicted molar refractivity (Wildman–Crippen MR) is 176 cm³/mol. The number of aryl methyl sites for hydroxylation is 2. The van der Waals surface area contributed by atoms with Crippen LogP contribution in [0.3, 0.4) is 0 Å².